The third kappa shape index (κ3) is 4.85. The van der Waals surface area contributed by atoms with Crippen molar-refractivity contribution in [2.75, 3.05) is 11.9 Å². The number of rotatable bonds is 7. The first-order chi connectivity index (χ1) is 16.1. The van der Waals surface area contributed by atoms with Crippen LogP contribution in [0.4, 0.5) is 17.3 Å². The summed E-state index contributed by atoms with van der Waals surface area (Å²) < 4.78 is 5.00. The second kappa shape index (κ2) is 9.69. The zero-order valence-electron chi connectivity index (χ0n) is 17.8. The molecule has 4 rings (SSSR count). The van der Waals surface area contributed by atoms with Crippen LogP contribution in [0.1, 0.15) is 17.3 Å². The van der Waals surface area contributed by atoms with Crippen molar-refractivity contribution in [2.45, 2.75) is 6.92 Å². The number of carbonyl (C=O) groups is 1. The first kappa shape index (κ1) is 21.6. The average Bonchev–Trinajstić information content (AvgIpc) is 2.85. The second-order valence-corrected chi connectivity index (χ2v) is 7.01. The Hall–Kier alpha value is -4.59. The van der Waals surface area contributed by atoms with Crippen molar-refractivity contribution in [3.63, 3.8) is 0 Å². The monoisotopic (exact) mass is 440 g/mol. The lowest BCUT2D eigenvalue weighted by Crippen LogP contribution is -2.06. The van der Waals surface area contributed by atoms with Crippen LogP contribution < -0.4 is 5.32 Å². The number of hydrogen-bond acceptors (Lipinski definition) is 7. The summed E-state index contributed by atoms with van der Waals surface area (Å²) in [6.45, 7) is 2.04. The van der Waals surface area contributed by atoms with Gasteiger partial charge >= 0.3 is 11.7 Å². The summed E-state index contributed by atoms with van der Waals surface area (Å²) in [4.78, 5) is 32.5. The molecule has 0 amide bonds. The van der Waals surface area contributed by atoms with E-state index in [-0.39, 0.29) is 23.0 Å². The number of hydrogen-bond donors (Lipinski definition) is 1. The number of aromatic nitrogens is 2. The molecule has 1 heterocycles. The van der Waals surface area contributed by atoms with E-state index in [1.807, 2.05) is 12.1 Å². The van der Waals surface area contributed by atoms with Gasteiger partial charge < -0.3 is 10.1 Å². The van der Waals surface area contributed by atoms with E-state index in [4.69, 9.17) is 4.74 Å². The summed E-state index contributed by atoms with van der Waals surface area (Å²) in [5, 5.41) is 15.2. The molecule has 0 radical (unpaired) electrons. The van der Waals surface area contributed by atoms with E-state index >= 15 is 0 Å². The highest BCUT2D eigenvalue weighted by atomic mass is 16.6. The molecule has 0 spiro atoms. The fraction of sp³-hybridized carbons (Fsp3) is 0.0800. The minimum Gasteiger partial charge on any atom is -0.462 e. The van der Waals surface area contributed by atoms with Crippen LogP contribution in [0.25, 0.3) is 22.5 Å². The predicted octanol–water partition coefficient (Wildman–Crippen LogP) is 5.64. The highest BCUT2D eigenvalue weighted by molar-refractivity contribution is 5.90. The molecule has 0 saturated carbocycles. The molecule has 3 aromatic carbocycles. The Balaban J connectivity index is 1.80. The smallest absolute Gasteiger partial charge is 0.338 e. The molecular weight excluding hydrogens is 420 g/mol. The van der Waals surface area contributed by atoms with Gasteiger partial charge in [-0.3, -0.25) is 10.1 Å². The van der Waals surface area contributed by atoms with Gasteiger partial charge in [0.2, 0.25) is 5.95 Å². The lowest BCUT2D eigenvalue weighted by molar-refractivity contribution is -0.383. The molecule has 8 heteroatoms. The van der Waals surface area contributed by atoms with Gasteiger partial charge in [0.25, 0.3) is 0 Å². The van der Waals surface area contributed by atoms with Crippen LogP contribution in [0.5, 0.6) is 0 Å². The third-order valence-corrected chi connectivity index (χ3v) is 4.81. The lowest BCUT2D eigenvalue weighted by atomic mass is 10.0. The number of anilines is 2. The Bertz CT molecular complexity index is 1220. The Morgan fingerprint density at radius 3 is 1.85 bits per heavy atom. The second-order valence-electron chi connectivity index (χ2n) is 7.01. The number of nitro groups is 1. The molecule has 0 atom stereocenters. The first-order valence-corrected chi connectivity index (χ1v) is 10.3. The SMILES string of the molecule is CCOC(=O)c1ccc(Nc2nc(-c3ccccc3)c([N+](=O)[O-])c(-c3ccccc3)n2)cc1. The van der Waals surface area contributed by atoms with Gasteiger partial charge in [-0.15, -0.1) is 0 Å². The molecule has 33 heavy (non-hydrogen) atoms. The molecule has 8 nitrogen and oxygen atoms in total. The number of nitrogens with zero attached hydrogens (tertiary/aromatic N) is 3. The molecule has 4 aromatic rings. The summed E-state index contributed by atoms with van der Waals surface area (Å²) in [7, 11) is 0. The van der Waals surface area contributed by atoms with Gasteiger partial charge in [-0.1, -0.05) is 60.7 Å². The average molecular weight is 440 g/mol. The molecule has 0 aliphatic rings. The quantitative estimate of drug-likeness (QED) is 0.225. The molecule has 0 aliphatic carbocycles. The van der Waals surface area contributed by atoms with Crippen LogP contribution >= 0.6 is 0 Å². The number of esters is 1. The van der Waals surface area contributed by atoms with E-state index in [0.29, 0.717) is 29.0 Å². The van der Waals surface area contributed by atoms with Gasteiger partial charge in [0.1, 0.15) is 0 Å². The minimum absolute atomic E-state index is 0.171. The Kier molecular flexibility index (Phi) is 6.36. The first-order valence-electron chi connectivity index (χ1n) is 10.3. The lowest BCUT2D eigenvalue weighted by Gasteiger charge is -2.12. The Labute approximate surface area is 190 Å². The highest BCUT2D eigenvalue weighted by Gasteiger charge is 2.26. The van der Waals surface area contributed by atoms with Crippen molar-refractivity contribution in [1.29, 1.82) is 0 Å². The fourth-order valence-corrected chi connectivity index (χ4v) is 3.31. The third-order valence-electron chi connectivity index (χ3n) is 4.81. The molecule has 0 fully saturated rings. The maximum Gasteiger partial charge on any atom is 0.338 e. The standard InChI is InChI=1S/C25H20N4O4/c1-2-33-24(30)19-13-15-20(16-14-19)26-25-27-21(17-9-5-3-6-10-17)23(29(31)32)22(28-25)18-11-7-4-8-12-18/h3-16H,2H2,1H3,(H,26,27,28). The van der Waals surface area contributed by atoms with Crippen LogP contribution in [0.3, 0.4) is 0 Å². The summed E-state index contributed by atoms with van der Waals surface area (Å²) in [6.07, 6.45) is 0. The zero-order chi connectivity index (χ0) is 23.2. The van der Waals surface area contributed by atoms with E-state index in [2.05, 4.69) is 15.3 Å². The maximum absolute atomic E-state index is 12.1. The van der Waals surface area contributed by atoms with Gasteiger partial charge in [0, 0.05) is 16.8 Å². The van der Waals surface area contributed by atoms with Crippen molar-refractivity contribution < 1.29 is 14.5 Å². The topological polar surface area (TPSA) is 107 Å². The van der Waals surface area contributed by atoms with Gasteiger partial charge in [0.15, 0.2) is 11.4 Å². The van der Waals surface area contributed by atoms with E-state index in [0.717, 1.165) is 0 Å². The van der Waals surface area contributed by atoms with Gasteiger partial charge in [-0.2, -0.15) is 0 Å². The van der Waals surface area contributed by atoms with Crippen LogP contribution in [0.2, 0.25) is 0 Å². The largest absolute Gasteiger partial charge is 0.462 e. The Morgan fingerprint density at radius 2 is 1.39 bits per heavy atom. The van der Waals surface area contributed by atoms with Crippen molar-refractivity contribution in [3.8, 4) is 22.5 Å². The number of nitrogens with one attached hydrogen (secondary N) is 1. The molecule has 1 N–H and O–H groups in total. The van der Waals surface area contributed by atoms with Gasteiger partial charge in [-0.25, -0.2) is 14.8 Å². The van der Waals surface area contributed by atoms with Crippen LogP contribution in [0.15, 0.2) is 84.9 Å². The van der Waals surface area contributed by atoms with E-state index in [1.54, 1.807) is 79.7 Å². The fourth-order valence-electron chi connectivity index (χ4n) is 3.31. The number of ether oxygens (including phenoxy) is 1. The van der Waals surface area contributed by atoms with Crippen molar-refractivity contribution in [2.24, 2.45) is 0 Å². The summed E-state index contributed by atoms with van der Waals surface area (Å²) in [5.74, 6) is -0.212. The van der Waals surface area contributed by atoms with E-state index in [9.17, 15) is 14.9 Å². The van der Waals surface area contributed by atoms with Crippen LogP contribution in [-0.2, 0) is 4.74 Å². The van der Waals surface area contributed by atoms with Crippen molar-refractivity contribution in [1.82, 2.24) is 9.97 Å². The van der Waals surface area contributed by atoms with E-state index < -0.39 is 10.9 Å². The van der Waals surface area contributed by atoms with Crippen molar-refractivity contribution >= 4 is 23.3 Å². The summed E-state index contributed by atoms with van der Waals surface area (Å²) in [6, 6.07) is 24.6. The van der Waals surface area contributed by atoms with Gasteiger partial charge in [0.05, 0.1) is 17.1 Å². The summed E-state index contributed by atoms with van der Waals surface area (Å²) >= 11 is 0. The Morgan fingerprint density at radius 1 is 0.879 bits per heavy atom. The van der Waals surface area contributed by atoms with Crippen LogP contribution in [-0.4, -0.2) is 27.5 Å². The molecule has 0 unspecified atom stereocenters. The van der Waals surface area contributed by atoms with Crippen molar-refractivity contribution in [3.05, 3.63) is 101 Å². The molecular formula is C25H20N4O4. The molecule has 0 saturated heterocycles. The van der Waals surface area contributed by atoms with Crippen LogP contribution in [0, 0.1) is 10.1 Å². The summed E-state index contributed by atoms with van der Waals surface area (Å²) in [5.41, 5.74) is 2.49. The highest BCUT2D eigenvalue weighted by Crippen LogP contribution is 2.37. The molecule has 0 bridgehead atoms. The number of carbonyl (C=O) groups excluding carboxylic acids is 1. The molecule has 0 aliphatic heterocycles. The zero-order valence-corrected chi connectivity index (χ0v) is 17.8. The maximum atomic E-state index is 12.1. The van der Waals surface area contributed by atoms with Gasteiger partial charge in [-0.05, 0) is 31.2 Å². The molecule has 164 valence electrons. The minimum atomic E-state index is -0.456. The molecule has 1 aromatic heterocycles. The predicted molar refractivity (Wildman–Crippen MR) is 125 cm³/mol. The van der Waals surface area contributed by atoms with E-state index in [1.165, 1.54) is 0 Å². The number of benzene rings is 3. The normalized spacial score (nSPS) is 10.5.